The van der Waals surface area contributed by atoms with Gasteiger partial charge >= 0.3 is 5.97 Å². The summed E-state index contributed by atoms with van der Waals surface area (Å²) in [5.41, 5.74) is 2.21. The molecule has 176 valence electrons. The van der Waals surface area contributed by atoms with Gasteiger partial charge in [-0.2, -0.15) is 0 Å². The molecular weight excluding hydrogens is 434 g/mol. The summed E-state index contributed by atoms with van der Waals surface area (Å²) in [5.74, 6) is -0.608. The van der Waals surface area contributed by atoms with Gasteiger partial charge in [0.15, 0.2) is 6.79 Å². The van der Waals surface area contributed by atoms with Gasteiger partial charge in [0.2, 0.25) is 0 Å². The van der Waals surface area contributed by atoms with Crippen LogP contribution in [0.25, 0.3) is 21.7 Å². The average molecular weight is 462 g/mol. The van der Waals surface area contributed by atoms with Gasteiger partial charge in [0.25, 0.3) is 0 Å². The lowest BCUT2D eigenvalue weighted by Gasteiger charge is -2.39. The highest BCUT2D eigenvalue weighted by Crippen LogP contribution is 2.46. The highest BCUT2D eigenvalue weighted by molar-refractivity contribution is 6.16. The second kappa shape index (κ2) is 9.42. The fourth-order valence-electron chi connectivity index (χ4n) is 4.97. The van der Waals surface area contributed by atoms with Crippen molar-refractivity contribution in [3.8, 4) is 5.75 Å². The van der Waals surface area contributed by atoms with E-state index < -0.39 is 12.8 Å². The average Bonchev–Trinajstić information content (AvgIpc) is 3.33. The Balaban J connectivity index is 1.80. The number of pyridine rings is 1. The van der Waals surface area contributed by atoms with E-state index in [0.29, 0.717) is 27.3 Å². The van der Waals surface area contributed by atoms with Crippen molar-refractivity contribution in [1.82, 2.24) is 14.8 Å². The number of hydrogen-bond donors (Lipinski definition) is 2. The fourth-order valence-corrected chi connectivity index (χ4v) is 4.97. The number of likely N-dealkylation sites (N-methyl/N-ethyl adjacent to an activating group) is 1. The standard InChI is InChI=1S/C26H27N3O5/c1-2-28-11-13-29(14-12-28)23(17-7-9-27-10-8-17)22-21-20(26(32)34-16-30)15-33-25(21)19-6-4-3-5-18(19)24(22)31/h3-10,15,23,30-31H,2,11-14,16H2,1H3. The molecule has 0 amide bonds. The molecule has 3 heterocycles. The second-order valence-corrected chi connectivity index (χ2v) is 8.38. The van der Waals surface area contributed by atoms with Gasteiger partial charge in [0.1, 0.15) is 23.2 Å². The summed E-state index contributed by atoms with van der Waals surface area (Å²) >= 11 is 0. The van der Waals surface area contributed by atoms with Crippen LogP contribution in [0.4, 0.5) is 0 Å². The van der Waals surface area contributed by atoms with E-state index in [0.717, 1.165) is 38.3 Å². The van der Waals surface area contributed by atoms with E-state index in [-0.39, 0.29) is 17.4 Å². The maximum Gasteiger partial charge on any atom is 0.344 e. The quantitative estimate of drug-likeness (QED) is 0.332. The summed E-state index contributed by atoms with van der Waals surface area (Å²) in [7, 11) is 0. The Kier molecular flexibility index (Phi) is 6.19. The van der Waals surface area contributed by atoms with Crippen molar-refractivity contribution in [3.63, 3.8) is 0 Å². The molecule has 0 bridgehead atoms. The molecule has 8 nitrogen and oxygen atoms in total. The van der Waals surface area contributed by atoms with Gasteiger partial charge in [-0.1, -0.05) is 31.2 Å². The van der Waals surface area contributed by atoms with Crippen LogP contribution in [0.5, 0.6) is 5.75 Å². The molecule has 4 aromatic rings. The first kappa shape index (κ1) is 22.3. The first-order valence-corrected chi connectivity index (χ1v) is 11.4. The summed E-state index contributed by atoms with van der Waals surface area (Å²) in [6.45, 7) is 5.79. The number of furan rings is 1. The van der Waals surface area contributed by atoms with E-state index >= 15 is 0 Å². The van der Waals surface area contributed by atoms with Crippen LogP contribution >= 0.6 is 0 Å². The van der Waals surface area contributed by atoms with Crippen LogP contribution in [0.15, 0.2) is 59.5 Å². The minimum absolute atomic E-state index is 0.0993. The molecule has 0 radical (unpaired) electrons. The third-order valence-electron chi connectivity index (χ3n) is 6.67. The topological polar surface area (TPSA) is 99.3 Å². The molecule has 1 atom stereocenters. The number of aromatic nitrogens is 1. The molecule has 1 fully saturated rings. The Hall–Kier alpha value is -3.46. The van der Waals surface area contributed by atoms with Crippen molar-refractivity contribution in [1.29, 1.82) is 0 Å². The van der Waals surface area contributed by atoms with Crippen molar-refractivity contribution in [2.45, 2.75) is 13.0 Å². The van der Waals surface area contributed by atoms with Crippen LogP contribution in [0.1, 0.15) is 34.5 Å². The van der Waals surface area contributed by atoms with Gasteiger partial charge in [-0.3, -0.25) is 9.88 Å². The highest BCUT2D eigenvalue weighted by Gasteiger charge is 2.33. The molecule has 0 aliphatic carbocycles. The van der Waals surface area contributed by atoms with Gasteiger partial charge in [0, 0.05) is 60.3 Å². The van der Waals surface area contributed by atoms with Crippen LogP contribution in [0.2, 0.25) is 0 Å². The first-order chi connectivity index (χ1) is 16.6. The number of esters is 1. The maximum absolute atomic E-state index is 12.8. The van der Waals surface area contributed by atoms with Crippen molar-refractivity contribution in [2.75, 3.05) is 39.5 Å². The van der Waals surface area contributed by atoms with Crippen molar-refractivity contribution < 1.29 is 24.2 Å². The predicted molar refractivity (Wildman–Crippen MR) is 128 cm³/mol. The van der Waals surface area contributed by atoms with E-state index in [9.17, 15) is 15.0 Å². The minimum Gasteiger partial charge on any atom is -0.507 e. The minimum atomic E-state index is -0.743. The van der Waals surface area contributed by atoms with Gasteiger partial charge in [0.05, 0.1) is 6.04 Å². The Morgan fingerprint density at radius 3 is 2.50 bits per heavy atom. The number of piperazine rings is 1. The van der Waals surface area contributed by atoms with Gasteiger partial charge < -0.3 is 24.3 Å². The van der Waals surface area contributed by atoms with E-state index in [4.69, 9.17) is 9.15 Å². The zero-order chi connectivity index (χ0) is 23.7. The number of nitrogens with zero attached hydrogens (tertiary/aromatic N) is 3. The third-order valence-corrected chi connectivity index (χ3v) is 6.67. The molecule has 1 aliphatic rings. The zero-order valence-electron chi connectivity index (χ0n) is 19.0. The van der Waals surface area contributed by atoms with Crippen molar-refractivity contribution in [2.24, 2.45) is 0 Å². The van der Waals surface area contributed by atoms with E-state index in [1.807, 2.05) is 36.4 Å². The van der Waals surface area contributed by atoms with E-state index in [1.54, 1.807) is 12.4 Å². The number of aliphatic hydroxyl groups excluding tert-OH is 1. The van der Waals surface area contributed by atoms with Crippen LogP contribution in [-0.2, 0) is 4.74 Å². The lowest BCUT2D eigenvalue weighted by molar-refractivity contribution is 0.00694. The molecule has 1 saturated heterocycles. The second-order valence-electron chi connectivity index (χ2n) is 8.38. The number of aromatic hydroxyl groups is 1. The largest absolute Gasteiger partial charge is 0.507 e. The molecule has 8 heteroatoms. The number of aliphatic hydroxyl groups is 1. The molecule has 5 rings (SSSR count). The number of hydrogen-bond acceptors (Lipinski definition) is 8. The molecule has 1 aliphatic heterocycles. The summed E-state index contributed by atoms with van der Waals surface area (Å²) in [5, 5.41) is 22.7. The number of ether oxygens (including phenoxy) is 1. The van der Waals surface area contributed by atoms with E-state index in [1.165, 1.54) is 6.26 Å². The zero-order valence-corrected chi connectivity index (χ0v) is 19.0. The lowest BCUT2D eigenvalue weighted by atomic mass is 9.89. The Morgan fingerprint density at radius 2 is 1.82 bits per heavy atom. The lowest BCUT2D eigenvalue weighted by Crippen LogP contribution is -2.47. The molecule has 2 aromatic carbocycles. The van der Waals surface area contributed by atoms with Crippen LogP contribution in [0.3, 0.4) is 0 Å². The highest BCUT2D eigenvalue weighted by atomic mass is 16.6. The van der Waals surface area contributed by atoms with Crippen LogP contribution in [0, 0.1) is 0 Å². The number of carbonyl (C=O) groups excluding carboxylic acids is 1. The molecule has 0 spiro atoms. The summed E-state index contributed by atoms with van der Waals surface area (Å²) < 4.78 is 10.8. The monoisotopic (exact) mass is 461 g/mol. The SMILES string of the molecule is CCN1CCN(C(c2ccncc2)c2c(O)c3ccccc3c3occ(C(=O)OCO)c23)CC1. The predicted octanol–water partition coefficient (Wildman–Crippen LogP) is 3.52. The van der Waals surface area contributed by atoms with E-state index in [2.05, 4.69) is 21.7 Å². The number of phenols is 1. The van der Waals surface area contributed by atoms with Gasteiger partial charge in [-0.05, 0) is 24.2 Å². The fraction of sp³-hybridized carbons (Fsp3) is 0.308. The van der Waals surface area contributed by atoms with Crippen molar-refractivity contribution >= 4 is 27.7 Å². The van der Waals surface area contributed by atoms with Crippen LogP contribution in [-0.4, -0.2) is 70.5 Å². The number of fused-ring (bicyclic) bond motifs is 3. The Labute approximate surface area is 197 Å². The molecular formula is C26H27N3O5. The maximum atomic E-state index is 12.8. The summed E-state index contributed by atoms with van der Waals surface area (Å²) in [6.07, 6.45) is 4.81. The molecule has 2 aromatic heterocycles. The number of rotatable bonds is 6. The normalized spacial score (nSPS) is 16.2. The molecule has 2 N–H and O–H groups in total. The molecule has 1 unspecified atom stereocenters. The van der Waals surface area contributed by atoms with Gasteiger partial charge in [-0.15, -0.1) is 0 Å². The Morgan fingerprint density at radius 1 is 1.12 bits per heavy atom. The summed E-state index contributed by atoms with van der Waals surface area (Å²) in [4.78, 5) is 21.7. The Bertz CT molecular complexity index is 1310. The summed E-state index contributed by atoms with van der Waals surface area (Å²) in [6, 6.07) is 11.0. The molecule has 0 saturated carbocycles. The van der Waals surface area contributed by atoms with Gasteiger partial charge in [-0.25, -0.2) is 4.79 Å². The smallest absolute Gasteiger partial charge is 0.344 e. The number of benzene rings is 2. The van der Waals surface area contributed by atoms with Crippen LogP contribution < -0.4 is 0 Å². The first-order valence-electron chi connectivity index (χ1n) is 11.4. The number of carbonyl (C=O) groups is 1. The molecule has 34 heavy (non-hydrogen) atoms. The third kappa shape index (κ3) is 3.79. The van der Waals surface area contributed by atoms with Crippen molar-refractivity contribution in [3.05, 3.63) is 71.7 Å². The number of phenolic OH excluding ortho intramolecular Hbond substituents is 1.